The van der Waals surface area contributed by atoms with E-state index in [1.165, 1.54) is 0 Å². The van der Waals surface area contributed by atoms with Crippen LogP contribution < -0.4 is 0 Å². The first-order valence-corrected chi connectivity index (χ1v) is 1.86. The third-order valence-electron chi connectivity index (χ3n) is 0.226. The van der Waals surface area contributed by atoms with Crippen molar-refractivity contribution in [1.82, 2.24) is 0 Å². The SMILES string of the molecule is C=C.C=C=CC(=O)O. The highest BCUT2D eigenvalue weighted by atomic mass is 16.4. The van der Waals surface area contributed by atoms with E-state index >= 15 is 0 Å². The molecule has 0 radical (unpaired) electrons. The second kappa shape index (κ2) is 9.21. The number of aliphatic carboxylic acids is 1. The predicted octanol–water partition coefficient (Wildman–Crippen LogP) is 1.21. The highest BCUT2D eigenvalue weighted by Gasteiger charge is 1.76. The van der Waals surface area contributed by atoms with Gasteiger partial charge in [-0.15, -0.1) is 18.9 Å². The first kappa shape index (κ1) is 9.88. The van der Waals surface area contributed by atoms with E-state index < -0.39 is 5.97 Å². The molecule has 1 N–H and O–H groups in total. The van der Waals surface area contributed by atoms with Crippen molar-refractivity contribution in [3.8, 4) is 0 Å². The van der Waals surface area contributed by atoms with Crippen LogP contribution in [0.3, 0.4) is 0 Å². The average Bonchev–Trinajstić information content (AvgIpc) is 1.72. The number of hydrogen-bond acceptors (Lipinski definition) is 1. The Bertz CT molecular complexity index is 110. The topological polar surface area (TPSA) is 37.3 Å². The zero-order valence-electron chi connectivity index (χ0n) is 4.55. The molecule has 0 aliphatic heterocycles. The van der Waals surface area contributed by atoms with Crippen molar-refractivity contribution in [2.75, 3.05) is 0 Å². The molecule has 0 aromatic rings. The Morgan fingerprint density at radius 3 is 2.00 bits per heavy atom. The molecule has 44 valence electrons. The summed E-state index contributed by atoms with van der Waals surface area (Å²) in [5, 5.41) is 7.76. The van der Waals surface area contributed by atoms with Crippen LogP contribution in [0.5, 0.6) is 0 Å². The molecule has 0 aromatic carbocycles. The molecule has 0 fully saturated rings. The summed E-state index contributed by atoms with van der Waals surface area (Å²) >= 11 is 0. The highest BCUT2D eigenvalue weighted by molar-refractivity contribution is 5.79. The van der Waals surface area contributed by atoms with E-state index in [1.807, 2.05) is 0 Å². The van der Waals surface area contributed by atoms with Gasteiger partial charge in [-0.25, -0.2) is 4.79 Å². The van der Waals surface area contributed by atoms with Crippen molar-refractivity contribution in [2.24, 2.45) is 0 Å². The number of carbonyl (C=O) groups is 1. The van der Waals surface area contributed by atoms with Crippen LogP contribution in [-0.4, -0.2) is 11.1 Å². The summed E-state index contributed by atoms with van der Waals surface area (Å²) in [6, 6.07) is 0. The van der Waals surface area contributed by atoms with Crippen LogP contribution in [0, 0.1) is 0 Å². The molecule has 0 saturated carbocycles. The zero-order chi connectivity index (χ0) is 6.99. The summed E-state index contributed by atoms with van der Waals surface area (Å²) in [4.78, 5) is 9.44. The molecule has 0 aromatic heterocycles. The molecule has 0 heterocycles. The first-order valence-electron chi connectivity index (χ1n) is 1.86. The van der Waals surface area contributed by atoms with Crippen LogP contribution in [0.2, 0.25) is 0 Å². The number of carboxylic acid groups (broad SMARTS) is 1. The molecule has 0 bridgehead atoms. The minimum absolute atomic E-state index is 0.847. The molecule has 0 rings (SSSR count). The van der Waals surface area contributed by atoms with Gasteiger partial charge in [0, 0.05) is 0 Å². The maximum absolute atomic E-state index is 9.44. The van der Waals surface area contributed by atoms with Gasteiger partial charge in [-0.1, -0.05) is 6.58 Å². The summed E-state index contributed by atoms with van der Waals surface area (Å²) in [5.74, 6) is -1.01. The lowest BCUT2D eigenvalue weighted by Crippen LogP contribution is -1.82. The summed E-state index contributed by atoms with van der Waals surface area (Å²) < 4.78 is 0. The van der Waals surface area contributed by atoms with Crippen LogP contribution in [-0.2, 0) is 4.79 Å². The minimum Gasteiger partial charge on any atom is -0.478 e. The van der Waals surface area contributed by atoms with Crippen molar-refractivity contribution >= 4 is 5.97 Å². The Morgan fingerprint density at radius 1 is 1.62 bits per heavy atom. The van der Waals surface area contributed by atoms with Crippen LogP contribution in [0.15, 0.2) is 31.5 Å². The van der Waals surface area contributed by atoms with Crippen LogP contribution in [0.25, 0.3) is 0 Å². The number of carboxylic acids is 1. The normalized spacial score (nSPS) is 5.00. The predicted molar refractivity (Wildman–Crippen MR) is 32.6 cm³/mol. The smallest absolute Gasteiger partial charge is 0.336 e. The largest absolute Gasteiger partial charge is 0.478 e. The van der Waals surface area contributed by atoms with Crippen molar-refractivity contribution in [2.45, 2.75) is 0 Å². The van der Waals surface area contributed by atoms with Gasteiger partial charge in [0.15, 0.2) is 0 Å². The summed E-state index contributed by atoms with van der Waals surface area (Å²) in [7, 11) is 0. The van der Waals surface area contributed by atoms with E-state index in [9.17, 15) is 4.79 Å². The first-order chi connectivity index (χ1) is 3.77. The Labute approximate surface area is 48.5 Å². The lowest BCUT2D eigenvalue weighted by atomic mass is 10.6. The molecular weight excluding hydrogens is 104 g/mol. The Balaban J connectivity index is 0. The average molecular weight is 112 g/mol. The van der Waals surface area contributed by atoms with Crippen molar-refractivity contribution in [3.63, 3.8) is 0 Å². The molecule has 8 heavy (non-hydrogen) atoms. The quantitative estimate of drug-likeness (QED) is 0.314. The maximum Gasteiger partial charge on any atom is 0.336 e. The maximum atomic E-state index is 9.44. The fourth-order valence-electron chi connectivity index (χ4n) is 0.0873. The van der Waals surface area contributed by atoms with Gasteiger partial charge in [0.25, 0.3) is 0 Å². The fourth-order valence-corrected chi connectivity index (χ4v) is 0.0873. The van der Waals surface area contributed by atoms with E-state index in [4.69, 9.17) is 5.11 Å². The standard InChI is InChI=1S/C4H4O2.C2H4/c1-2-3-4(5)6;1-2/h3H,1H2,(H,5,6);1-2H2. The minimum atomic E-state index is -1.01. The molecule has 2 heteroatoms. The molecule has 0 unspecified atom stereocenters. The monoisotopic (exact) mass is 112 g/mol. The molecule has 0 aliphatic rings. The lowest BCUT2D eigenvalue weighted by molar-refractivity contribution is -0.131. The van der Waals surface area contributed by atoms with Crippen molar-refractivity contribution in [1.29, 1.82) is 0 Å². The second-order valence-electron chi connectivity index (χ2n) is 0.687. The van der Waals surface area contributed by atoms with Gasteiger partial charge in [-0.3, -0.25) is 0 Å². The summed E-state index contributed by atoms with van der Waals surface area (Å²) in [5.41, 5.74) is 2.09. The van der Waals surface area contributed by atoms with Gasteiger partial charge in [0.05, 0.1) is 6.08 Å². The highest BCUT2D eigenvalue weighted by Crippen LogP contribution is 1.58. The van der Waals surface area contributed by atoms with Gasteiger partial charge in [-0.2, -0.15) is 0 Å². The van der Waals surface area contributed by atoms with Gasteiger partial charge in [-0.05, 0) is 0 Å². The molecule has 2 nitrogen and oxygen atoms in total. The number of rotatable bonds is 1. The van der Waals surface area contributed by atoms with Gasteiger partial charge >= 0.3 is 5.97 Å². The van der Waals surface area contributed by atoms with Crippen LogP contribution in [0.1, 0.15) is 0 Å². The second-order valence-corrected chi connectivity index (χ2v) is 0.687. The Kier molecular flexibility index (Phi) is 11.4. The number of hydrogen-bond donors (Lipinski definition) is 1. The van der Waals surface area contributed by atoms with Crippen LogP contribution in [0.4, 0.5) is 0 Å². The Morgan fingerprint density at radius 2 is 2.00 bits per heavy atom. The third-order valence-corrected chi connectivity index (χ3v) is 0.226. The zero-order valence-corrected chi connectivity index (χ0v) is 4.55. The van der Waals surface area contributed by atoms with E-state index in [1.54, 1.807) is 0 Å². The molecule has 0 saturated heterocycles. The van der Waals surface area contributed by atoms with Gasteiger partial charge < -0.3 is 5.11 Å². The van der Waals surface area contributed by atoms with Crippen molar-refractivity contribution < 1.29 is 9.90 Å². The fraction of sp³-hybridized carbons (Fsp3) is 0. The van der Waals surface area contributed by atoms with E-state index in [2.05, 4.69) is 25.5 Å². The third kappa shape index (κ3) is 22.0. The van der Waals surface area contributed by atoms with Crippen molar-refractivity contribution in [3.05, 3.63) is 31.5 Å². The van der Waals surface area contributed by atoms with Gasteiger partial charge in [0.1, 0.15) is 0 Å². The van der Waals surface area contributed by atoms with E-state index in [-0.39, 0.29) is 0 Å². The van der Waals surface area contributed by atoms with Gasteiger partial charge in [0.2, 0.25) is 0 Å². The summed E-state index contributed by atoms with van der Waals surface area (Å²) in [6.07, 6.45) is 0.847. The molecule has 0 spiro atoms. The van der Waals surface area contributed by atoms with E-state index in [0.717, 1.165) is 6.08 Å². The lowest BCUT2D eigenvalue weighted by Gasteiger charge is -1.65. The molecular formula is C6H8O2. The Hall–Kier alpha value is -1.27. The van der Waals surface area contributed by atoms with E-state index in [0.29, 0.717) is 0 Å². The molecule has 0 amide bonds. The molecule has 0 aliphatic carbocycles. The van der Waals surface area contributed by atoms with Crippen LogP contribution >= 0.6 is 0 Å². The molecule has 0 atom stereocenters. The summed E-state index contributed by atoms with van der Waals surface area (Å²) in [6.45, 7) is 9.04.